The zero-order valence-electron chi connectivity index (χ0n) is 10.5. The van der Waals surface area contributed by atoms with Crippen molar-refractivity contribution in [3.05, 3.63) is 28.4 Å². The highest BCUT2D eigenvalue weighted by Gasteiger charge is 2.09. The van der Waals surface area contributed by atoms with Gasteiger partial charge in [-0.15, -0.1) is 0 Å². The third-order valence-corrected chi connectivity index (χ3v) is 3.36. The highest BCUT2D eigenvalue weighted by molar-refractivity contribution is 7.08. The van der Waals surface area contributed by atoms with Crippen LogP contribution in [0.15, 0.2) is 21.4 Å². The van der Waals surface area contributed by atoms with Crippen LogP contribution in [0.25, 0.3) is 11.3 Å². The Bertz CT molecular complexity index is 473. The van der Waals surface area contributed by atoms with E-state index in [4.69, 9.17) is 4.42 Å². The van der Waals surface area contributed by atoms with Gasteiger partial charge in [-0.3, -0.25) is 0 Å². The molecular weight excluding hydrogens is 232 g/mol. The Morgan fingerprint density at radius 2 is 2.24 bits per heavy atom. The summed E-state index contributed by atoms with van der Waals surface area (Å²) in [6.45, 7) is 8.13. The Hall–Kier alpha value is -1.13. The van der Waals surface area contributed by atoms with Crippen molar-refractivity contribution in [1.29, 1.82) is 0 Å². The lowest BCUT2D eigenvalue weighted by Gasteiger charge is -2.04. The molecule has 92 valence electrons. The third kappa shape index (κ3) is 3.17. The van der Waals surface area contributed by atoms with Crippen molar-refractivity contribution in [2.75, 3.05) is 6.54 Å². The summed E-state index contributed by atoms with van der Waals surface area (Å²) >= 11 is 1.69. The van der Waals surface area contributed by atoms with Crippen LogP contribution in [0.2, 0.25) is 0 Å². The number of aromatic nitrogens is 1. The van der Waals surface area contributed by atoms with Crippen LogP contribution in [0, 0.1) is 12.8 Å². The Kier molecular flexibility index (Phi) is 3.97. The fourth-order valence-electron chi connectivity index (χ4n) is 1.60. The van der Waals surface area contributed by atoms with Crippen LogP contribution in [0.4, 0.5) is 0 Å². The van der Waals surface area contributed by atoms with E-state index in [9.17, 15) is 0 Å². The first kappa shape index (κ1) is 12.3. The molecule has 0 fully saturated rings. The van der Waals surface area contributed by atoms with Crippen molar-refractivity contribution in [2.45, 2.75) is 27.3 Å². The van der Waals surface area contributed by atoms with Gasteiger partial charge in [-0.25, -0.2) is 4.98 Å². The molecule has 2 aromatic rings. The van der Waals surface area contributed by atoms with Gasteiger partial charge >= 0.3 is 0 Å². The molecule has 0 aliphatic rings. The summed E-state index contributed by atoms with van der Waals surface area (Å²) in [5.41, 5.74) is 2.39. The second kappa shape index (κ2) is 5.47. The number of hydrogen-bond donors (Lipinski definition) is 1. The molecule has 0 saturated carbocycles. The number of oxazole rings is 1. The van der Waals surface area contributed by atoms with Crippen molar-refractivity contribution in [1.82, 2.24) is 10.3 Å². The standard InChI is InChI=1S/C13H18N2OS/c1-9(2)4-14-6-13-15-5-12(16-13)11-8-17-7-10(11)3/h5,7-9,14H,4,6H2,1-3H3. The average molecular weight is 250 g/mol. The maximum atomic E-state index is 5.72. The smallest absolute Gasteiger partial charge is 0.208 e. The topological polar surface area (TPSA) is 38.1 Å². The summed E-state index contributed by atoms with van der Waals surface area (Å²) in [4.78, 5) is 4.29. The molecule has 0 spiro atoms. The van der Waals surface area contributed by atoms with Gasteiger partial charge in [0, 0.05) is 10.9 Å². The van der Waals surface area contributed by atoms with E-state index in [1.165, 1.54) is 5.56 Å². The molecule has 0 radical (unpaired) electrons. The molecule has 0 amide bonds. The largest absolute Gasteiger partial charge is 0.439 e. The summed E-state index contributed by atoms with van der Waals surface area (Å²) < 4.78 is 5.72. The van der Waals surface area contributed by atoms with Crippen LogP contribution < -0.4 is 5.32 Å². The Morgan fingerprint density at radius 3 is 2.88 bits per heavy atom. The molecule has 1 N–H and O–H groups in total. The second-order valence-corrected chi connectivity index (χ2v) is 5.36. The van der Waals surface area contributed by atoms with Crippen molar-refractivity contribution in [2.24, 2.45) is 5.92 Å². The first-order valence-corrected chi connectivity index (χ1v) is 6.79. The molecule has 0 aliphatic heterocycles. The number of nitrogens with one attached hydrogen (secondary N) is 1. The number of aryl methyl sites for hydroxylation is 1. The van der Waals surface area contributed by atoms with Crippen LogP contribution in [-0.2, 0) is 6.54 Å². The molecule has 0 unspecified atom stereocenters. The monoisotopic (exact) mass is 250 g/mol. The SMILES string of the molecule is Cc1cscc1-c1cnc(CNCC(C)C)o1. The van der Waals surface area contributed by atoms with Crippen LogP contribution in [0.5, 0.6) is 0 Å². The van der Waals surface area contributed by atoms with Gasteiger partial charge in [0.1, 0.15) is 0 Å². The van der Waals surface area contributed by atoms with Gasteiger partial charge in [-0.1, -0.05) is 13.8 Å². The van der Waals surface area contributed by atoms with Gasteiger partial charge in [0.2, 0.25) is 5.89 Å². The highest BCUT2D eigenvalue weighted by atomic mass is 32.1. The summed E-state index contributed by atoms with van der Waals surface area (Å²) in [7, 11) is 0. The van der Waals surface area contributed by atoms with Crippen LogP contribution >= 0.6 is 11.3 Å². The average Bonchev–Trinajstić information content (AvgIpc) is 2.86. The van der Waals surface area contributed by atoms with Gasteiger partial charge in [-0.05, 0) is 30.3 Å². The minimum atomic E-state index is 0.642. The van der Waals surface area contributed by atoms with Crippen molar-refractivity contribution < 1.29 is 4.42 Å². The molecule has 0 aromatic carbocycles. The number of thiophene rings is 1. The van der Waals surface area contributed by atoms with Crippen molar-refractivity contribution in [3.8, 4) is 11.3 Å². The van der Waals surface area contributed by atoms with Gasteiger partial charge in [0.05, 0.1) is 12.7 Å². The number of hydrogen-bond acceptors (Lipinski definition) is 4. The molecule has 0 saturated heterocycles. The van der Waals surface area contributed by atoms with Crippen molar-refractivity contribution >= 4 is 11.3 Å². The van der Waals surface area contributed by atoms with Gasteiger partial charge in [0.15, 0.2) is 5.76 Å². The summed E-state index contributed by atoms with van der Waals surface area (Å²) in [6, 6.07) is 0. The van der Waals surface area contributed by atoms with E-state index in [2.05, 4.69) is 41.8 Å². The van der Waals surface area contributed by atoms with E-state index in [1.54, 1.807) is 17.5 Å². The molecule has 17 heavy (non-hydrogen) atoms. The van der Waals surface area contributed by atoms with E-state index in [1.807, 2.05) is 0 Å². The predicted molar refractivity (Wildman–Crippen MR) is 71.1 cm³/mol. The summed E-state index contributed by atoms with van der Waals surface area (Å²) in [5.74, 6) is 2.26. The zero-order chi connectivity index (χ0) is 12.3. The third-order valence-electron chi connectivity index (χ3n) is 2.50. The summed E-state index contributed by atoms with van der Waals surface area (Å²) in [5, 5.41) is 7.54. The van der Waals surface area contributed by atoms with Crippen LogP contribution in [0.1, 0.15) is 25.3 Å². The zero-order valence-corrected chi connectivity index (χ0v) is 11.3. The fourth-order valence-corrected chi connectivity index (χ4v) is 2.43. The molecule has 0 bridgehead atoms. The first-order valence-electron chi connectivity index (χ1n) is 5.85. The second-order valence-electron chi connectivity index (χ2n) is 4.61. The maximum Gasteiger partial charge on any atom is 0.208 e. The number of nitrogens with zero attached hydrogens (tertiary/aromatic N) is 1. The maximum absolute atomic E-state index is 5.72. The van der Waals surface area contributed by atoms with E-state index in [0.717, 1.165) is 23.8 Å². The van der Waals surface area contributed by atoms with Crippen LogP contribution in [-0.4, -0.2) is 11.5 Å². The predicted octanol–water partition coefficient (Wildman–Crippen LogP) is 3.46. The molecule has 4 heteroatoms. The van der Waals surface area contributed by atoms with E-state index < -0.39 is 0 Å². The lowest BCUT2D eigenvalue weighted by Crippen LogP contribution is -2.18. The molecular formula is C13H18N2OS. The van der Waals surface area contributed by atoms with Crippen molar-refractivity contribution in [3.63, 3.8) is 0 Å². The Balaban J connectivity index is 1.99. The van der Waals surface area contributed by atoms with E-state index in [-0.39, 0.29) is 0 Å². The normalized spacial score (nSPS) is 11.3. The molecule has 0 atom stereocenters. The molecule has 0 aliphatic carbocycles. The molecule has 2 heterocycles. The highest BCUT2D eigenvalue weighted by Crippen LogP contribution is 2.27. The summed E-state index contributed by atoms with van der Waals surface area (Å²) in [6.07, 6.45) is 1.81. The Morgan fingerprint density at radius 1 is 1.41 bits per heavy atom. The fraction of sp³-hybridized carbons (Fsp3) is 0.462. The van der Waals surface area contributed by atoms with Gasteiger partial charge < -0.3 is 9.73 Å². The molecule has 3 nitrogen and oxygen atoms in total. The Labute approximate surface area is 106 Å². The molecule has 2 aromatic heterocycles. The minimum absolute atomic E-state index is 0.642. The minimum Gasteiger partial charge on any atom is -0.439 e. The van der Waals surface area contributed by atoms with Gasteiger partial charge in [-0.2, -0.15) is 11.3 Å². The lowest BCUT2D eigenvalue weighted by molar-refractivity contribution is 0.459. The van der Waals surface area contributed by atoms with Crippen LogP contribution in [0.3, 0.4) is 0 Å². The first-order chi connectivity index (χ1) is 8.16. The molecule has 2 rings (SSSR count). The van der Waals surface area contributed by atoms with E-state index in [0.29, 0.717) is 12.5 Å². The van der Waals surface area contributed by atoms with Gasteiger partial charge in [0.25, 0.3) is 0 Å². The quantitative estimate of drug-likeness (QED) is 0.883. The van der Waals surface area contributed by atoms with E-state index >= 15 is 0 Å². The number of rotatable bonds is 5. The lowest BCUT2D eigenvalue weighted by atomic mass is 10.2.